The van der Waals surface area contributed by atoms with E-state index in [9.17, 15) is 9.65 Å². The highest BCUT2D eigenvalue weighted by Crippen LogP contribution is 2.31. The molecular weight excluding hydrogens is 317 g/mol. The molecule has 2 heterocycles. The van der Waals surface area contributed by atoms with Gasteiger partial charge in [0.15, 0.2) is 0 Å². The zero-order valence-electron chi connectivity index (χ0n) is 13.2. The SMILES string of the molecule is N#C/C(=C\c1ccc(-c2ccccc2F)o1)C1Nc2ccccc2N1. The standard InChI is InChI=1S/C20H14FN3O/c21-16-6-2-1-5-15(16)19-10-9-14(25-19)11-13(12-22)20-23-17-7-3-4-8-18(17)24-20/h1-11,20,23-24H/b13-11+. The molecule has 0 spiro atoms. The molecule has 2 aromatic carbocycles. The average molecular weight is 331 g/mol. The van der Waals surface area contributed by atoms with Crippen molar-refractivity contribution in [3.8, 4) is 17.4 Å². The van der Waals surface area contributed by atoms with Crippen molar-refractivity contribution in [2.24, 2.45) is 0 Å². The normalized spacial score (nSPS) is 13.7. The zero-order valence-corrected chi connectivity index (χ0v) is 13.2. The number of hydrogen-bond donors (Lipinski definition) is 2. The third-order valence-electron chi connectivity index (χ3n) is 4.03. The Kier molecular flexibility index (Phi) is 3.71. The second-order valence-corrected chi connectivity index (χ2v) is 5.66. The molecule has 25 heavy (non-hydrogen) atoms. The van der Waals surface area contributed by atoms with Gasteiger partial charge in [-0.15, -0.1) is 0 Å². The number of benzene rings is 2. The van der Waals surface area contributed by atoms with Gasteiger partial charge in [0, 0.05) is 0 Å². The fourth-order valence-electron chi connectivity index (χ4n) is 2.81. The van der Waals surface area contributed by atoms with Crippen molar-refractivity contribution in [1.29, 1.82) is 5.26 Å². The van der Waals surface area contributed by atoms with Gasteiger partial charge in [0.2, 0.25) is 0 Å². The Morgan fingerprint density at radius 3 is 2.36 bits per heavy atom. The smallest absolute Gasteiger partial charge is 0.137 e. The third kappa shape index (κ3) is 2.86. The van der Waals surface area contributed by atoms with Crippen molar-refractivity contribution in [2.45, 2.75) is 6.17 Å². The topological polar surface area (TPSA) is 61.0 Å². The number of para-hydroxylation sites is 2. The van der Waals surface area contributed by atoms with Gasteiger partial charge < -0.3 is 15.1 Å². The van der Waals surface area contributed by atoms with Gasteiger partial charge in [-0.05, 0) is 42.5 Å². The van der Waals surface area contributed by atoms with Crippen molar-refractivity contribution in [1.82, 2.24) is 0 Å². The van der Waals surface area contributed by atoms with Crippen LogP contribution in [0.3, 0.4) is 0 Å². The first kappa shape index (κ1) is 15.0. The summed E-state index contributed by atoms with van der Waals surface area (Å²) in [6, 6.07) is 19.8. The molecule has 5 heteroatoms. The van der Waals surface area contributed by atoms with Crippen LogP contribution in [0.1, 0.15) is 5.76 Å². The molecule has 4 rings (SSSR count). The number of anilines is 2. The molecule has 1 aliphatic rings. The molecule has 1 aromatic heterocycles. The molecule has 0 unspecified atom stereocenters. The fourth-order valence-corrected chi connectivity index (χ4v) is 2.81. The van der Waals surface area contributed by atoms with E-state index < -0.39 is 0 Å². The Bertz CT molecular complexity index is 975. The van der Waals surface area contributed by atoms with Gasteiger partial charge in [-0.25, -0.2) is 4.39 Å². The first-order valence-electron chi connectivity index (χ1n) is 7.83. The van der Waals surface area contributed by atoms with Gasteiger partial charge in [-0.1, -0.05) is 24.3 Å². The van der Waals surface area contributed by atoms with E-state index in [2.05, 4.69) is 16.7 Å². The summed E-state index contributed by atoms with van der Waals surface area (Å²) >= 11 is 0. The highest BCUT2D eigenvalue weighted by Gasteiger charge is 2.22. The van der Waals surface area contributed by atoms with Crippen molar-refractivity contribution >= 4 is 17.5 Å². The second kappa shape index (κ2) is 6.17. The van der Waals surface area contributed by atoms with Crippen LogP contribution < -0.4 is 10.6 Å². The summed E-state index contributed by atoms with van der Waals surface area (Å²) < 4.78 is 19.6. The summed E-state index contributed by atoms with van der Waals surface area (Å²) in [5.74, 6) is 0.578. The molecule has 3 aromatic rings. The van der Waals surface area contributed by atoms with Gasteiger partial charge in [0.1, 0.15) is 23.5 Å². The molecular formula is C20H14FN3O. The van der Waals surface area contributed by atoms with Crippen molar-refractivity contribution in [3.63, 3.8) is 0 Å². The predicted molar refractivity (Wildman–Crippen MR) is 95.2 cm³/mol. The lowest BCUT2D eigenvalue weighted by Gasteiger charge is -2.10. The van der Waals surface area contributed by atoms with E-state index in [0.29, 0.717) is 22.7 Å². The van der Waals surface area contributed by atoms with Crippen LogP contribution in [0.5, 0.6) is 0 Å². The first-order valence-corrected chi connectivity index (χ1v) is 7.83. The first-order chi connectivity index (χ1) is 12.2. The lowest BCUT2D eigenvalue weighted by atomic mass is 10.1. The van der Waals surface area contributed by atoms with Crippen molar-refractivity contribution in [3.05, 3.63) is 77.8 Å². The van der Waals surface area contributed by atoms with E-state index in [1.165, 1.54) is 6.07 Å². The monoisotopic (exact) mass is 331 g/mol. The molecule has 0 radical (unpaired) electrons. The summed E-state index contributed by atoms with van der Waals surface area (Å²) in [6.07, 6.45) is 1.32. The van der Waals surface area contributed by atoms with Gasteiger partial charge in [0.05, 0.1) is 28.6 Å². The van der Waals surface area contributed by atoms with E-state index in [-0.39, 0.29) is 12.0 Å². The van der Waals surface area contributed by atoms with Crippen LogP contribution in [-0.4, -0.2) is 6.17 Å². The molecule has 4 nitrogen and oxygen atoms in total. The van der Waals surface area contributed by atoms with Crippen LogP contribution in [0, 0.1) is 17.1 Å². The maximum Gasteiger partial charge on any atom is 0.137 e. The van der Waals surface area contributed by atoms with E-state index in [1.807, 2.05) is 24.3 Å². The number of hydrogen-bond acceptors (Lipinski definition) is 4. The van der Waals surface area contributed by atoms with Crippen molar-refractivity contribution < 1.29 is 8.81 Å². The molecule has 0 bridgehead atoms. The van der Waals surface area contributed by atoms with Gasteiger partial charge in [-0.3, -0.25) is 0 Å². The van der Waals surface area contributed by atoms with E-state index in [4.69, 9.17) is 4.42 Å². The quantitative estimate of drug-likeness (QED) is 0.673. The van der Waals surface area contributed by atoms with Crippen LogP contribution in [0.2, 0.25) is 0 Å². The lowest BCUT2D eigenvalue weighted by molar-refractivity contribution is 0.560. The summed E-state index contributed by atoms with van der Waals surface area (Å²) in [6.45, 7) is 0. The minimum Gasteiger partial charge on any atom is -0.457 e. The Hall–Kier alpha value is -3.52. The lowest BCUT2D eigenvalue weighted by Crippen LogP contribution is -2.23. The highest BCUT2D eigenvalue weighted by molar-refractivity contribution is 5.77. The average Bonchev–Trinajstić information content (AvgIpc) is 3.26. The van der Waals surface area contributed by atoms with Crippen LogP contribution in [-0.2, 0) is 0 Å². The Morgan fingerprint density at radius 2 is 1.68 bits per heavy atom. The number of fused-ring (bicyclic) bond motifs is 1. The molecule has 0 fully saturated rings. The largest absolute Gasteiger partial charge is 0.457 e. The van der Waals surface area contributed by atoms with E-state index >= 15 is 0 Å². The molecule has 0 saturated carbocycles. The molecule has 122 valence electrons. The summed E-state index contributed by atoms with van der Waals surface area (Å²) in [5.41, 5.74) is 2.76. The van der Waals surface area contributed by atoms with Crippen LogP contribution >= 0.6 is 0 Å². The van der Waals surface area contributed by atoms with Crippen LogP contribution in [0.25, 0.3) is 17.4 Å². The van der Waals surface area contributed by atoms with E-state index in [1.54, 1.807) is 36.4 Å². The molecule has 0 amide bonds. The molecule has 0 aliphatic carbocycles. The molecule has 2 N–H and O–H groups in total. The minimum absolute atomic E-state index is 0.329. The van der Waals surface area contributed by atoms with E-state index in [0.717, 1.165) is 11.4 Å². The number of halogens is 1. The van der Waals surface area contributed by atoms with Crippen LogP contribution in [0.15, 0.2) is 70.7 Å². The Labute approximate surface area is 144 Å². The summed E-state index contributed by atoms with van der Waals surface area (Å²) in [5, 5.41) is 16.0. The predicted octanol–water partition coefficient (Wildman–Crippen LogP) is 4.86. The minimum atomic E-state index is -0.345. The Balaban J connectivity index is 1.60. The highest BCUT2D eigenvalue weighted by atomic mass is 19.1. The number of nitriles is 1. The van der Waals surface area contributed by atoms with Crippen molar-refractivity contribution in [2.75, 3.05) is 10.6 Å². The maximum atomic E-state index is 13.9. The summed E-state index contributed by atoms with van der Waals surface area (Å²) in [7, 11) is 0. The number of nitrogens with one attached hydrogen (secondary N) is 2. The Morgan fingerprint density at radius 1 is 1.00 bits per heavy atom. The number of nitrogens with zero attached hydrogens (tertiary/aromatic N) is 1. The maximum absolute atomic E-state index is 13.9. The molecule has 0 saturated heterocycles. The molecule has 0 atom stereocenters. The van der Waals surface area contributed by atoms with Gasteiger partial charge in [-0.2, -0.15) is 5.26 Å². The van der Waals surface area contributed by atoms with Gasteiger partial charge >= 0.3 is 0 Å². The number of furan rings is 1. The number of rotatable bonds is 3. The zero-order chi connectivity index (χ0) is 17.2. The molecule has 1 aliphatic heterocycles. The second-order valence-electron chi connectivity index (χ2n) is 5.66. The van der Waals surface area contributed by atoms with Crippen LogP contribution in [0.4, 0.5) is 15.8 Å². The third-order valence-corrected chi connectivity index (χ3v) is 4.03. The summed E-state index contributed by atoms with van der Waals surface area (Å²) in [4.78, 5) is 0. The fraction of sp³-hybridized carbons (Fsp3) is 0.0500. The van der Waals surface area contributed by atoms with Gasteiger partial charge in [0.25, 0.3) is 0 Å².